The van der Waals surface area contributed by atoms with E-state index in [1.54, 1.807) is 11.3 Å². The summed E-state index contributed by atoms with van der Waals surface area (Å²) in [5.41, 5.74) is 1.80. The van der Waals surface area contributed by atoms with Gasteiger partial charge in [0.25, 0.3) is 0 Å². The molecule has 0 atom stereocenters. The first-order chi connectivity index (χ1) is 12.7. The lowest BCUT2D eigenvalue weighted by Gasteiger charge is -2.09. The molecule has 6 nitrogen and oxygen atoms in total. The molecule has 8 heteroatoms. The van der Waals surface area contributed by atoms with Gasteiger partial charge < -0.3 is 9.88 Å². The monoisotopic (exact) mass is 389 g/mol. The molecule has 138 valence electrons. The predicted molar refractivity (Wildman–Crippen MR) is 105 cm³/mol. The van der Waals surface area contributed by atoms with E-state index in [-0.39, 0.29) is 11.7 Å². The molecule has 1 aliphatic carbocycles. The maximum Gasteiger partial charge on any atom is 0.235 e. The Kier molecular flexibility index (Phi) is 6.33. The van der Waals surface area contributed by atoms with E-state index >= 15 is 0 Å². The second-order valence-electron chi connectivity index (χ2n) is 6.27. The van der Waals surface area contributed by atoms with Gasteiger partial charge in [-0.05, 0) is 37.7 Å². The number of hydrogen-bond donors (Lipinski definition) is 1. The third-order valence-corrected chi connectivity index (χ3v) is 6.60. The lowest BCUT2D eigenvalue weighted by Crippen LogP contribution is -2.15. The molecule has 0 radical (unpaired) electrons. The number of thiophene rings is 1. The van der Waals surface area contributed by atoms with Crippen LogP contribution in [0.1, 0.15) is 54.9 Å². The Bertz CT molecular complexity index is 833. The molecule has 0 bridgehead atoms. The van der Waals surface area contributed by atoms with Gasteiger partial charge in [0, 0.05) is 17.8 Å². The fraction of sp³-hybridized carbons (Fsp3) is 0.556. The quantitative estimate of drug-likeness (QED) is 0.728. The number of carbonyl (C=O) groups excluding carboxylic acids is 1. The van der Waals surface area contributed by atoms with E-state index in [9.17, 15) is 10.1 Å². The maximum atomic E-state index is 12.4. The summed E-state index contributed by atoms with van der Waals surface area (Å²) in [5.74, 6) is 1.11. The second kappa shape index (κ2) is 8.69. The number of nitrogens with one attached hydrogen (secondary N) is 1. The smallest absolute Gasteiger partial charge is 0.235 e. The molecule has 0 saturated carbocycles. The maximum absolute atomic E-state index is 12.4. The van der Waals surface area contributed by atoms with Crippen molar-refractivity contribution >= 4 is 34.0 Å². The van der Waals surface area contributed by atoms with Crippen molar-refractivity contribution in [3.63, 3.8) is 0 Å². The van der Waals surface area contributed by atoms with Crippen LogP contribution < -0.4 is 5.32 Å². The summed E-state index contributed by atoms with van der Waals surface area (Å²) >= 11 is 2.96. The lowest BCUT2D eigenvalue weighted by atomic mass is 9.96. The largest absolute Gasteiger partial charge is 0.316 e. The van der Waals surface area contributed by atoms with E-state index in [1.165, 1.54) is 16.6 Å². The van der Waals surface area contributed by atoms with E-state index in [4.69, 9.17) is 0 Å². The third-order valence-electron chi connectivity index (χ3n) is 4.43. The highest BCUT2D eigenvalue weighted by Gasteiger charge is 2.22. The van der Waals surface area contributed by atoms with Crippen LogP contribution in [0.4, 0.5) is 5.00 Å². The molecule has 0 saturated heterocycles. The first kappa shape index (κ1) is 18.9. The molecule has 2 aromatic rings. The fourth-order valence-corrected chi connectivity index (χ4v) is 5.24. The number of thioether (sulfide) groups is 1. The van der Waals surface area contributed by atoms with Crippen LogP contribution in [0.2, 0.25) is 0 Å². The summed E-state index contributed by atoms with van der Waals surface area (Å²) in [6.07, 6.45) is 6.06. The van der Waals surface area contributed by atoms with Crippen LogP contribution in [0.25, 0.3) is 0 Å². The molecule has 2 aromatic heterocycles. The predicted octanol–water partition coefficient (Wildman–Crippen LogP) is 3.79. The van der Waals surface area contributed by atoms with Crippen molar-refractivity contribution in [3.05, 3.63) is 21.8 Å². The van der Waals surface area contributed by atoms with Crippen molar-refractivity contribution < 1.29 is 4.79 Å². The van der Waals surface area contributed by atoms with Crippen LogP contribution in [0.5, 0.6) is 0 Å². The van der Waals surface area contributed by atoms with Crippen LogP contribution in [-0.4, -0.2) is 26.4 Å². The zero-order valence-corrected chi connectivity index (χ0v) is 16.8. The number of aryl methyl sites for hydroxylation is 2. The second-order valence-corrected chi connectivity index (χ2v) is 8.32. The van der Waals surface area contributed by atoms with Crippen molar-refractivity contribution in [1.29, 1.82) is 5.26 Å². The van der Waals surface area contributed by atoms with Gasteiger partial charge in [0.2, 0.25) is 5.91 Å². The number of rotatable bonds is 7. The average molecular weight is 390 g/mol. The Morgan fingerprint density at radius 3 is 2.88 bits per heavy atom. The van der Waals surface area contributed by atoms with Crippen LogP contribution in [0, 0.1) is 11.3 Å². The Balaban J connectivity index is 1.66. The van der Waals surface area contributed by atoms with Crippen LogP contribution in [0.3, 0.4) is 0 Å². The molecular formula is C18H23N5OS2. The normalized spacial score (nSPS) is 13.3. The van der Waals surface area contributed by atoms with Crippen molar-refractivity contribution in [2.75, 3.05) is 11.1 Å². The Hall–Kier alpha value is -1.85. The zero-order valence-electron chi connectivity index (χ0n) is 15.2. The number of nitrogens with zero attached hydrogens (tertiary/aromatic N) is 4. The molecule has 1 amide bonds. The summed E-state index contributed by atoms with van der Waals surface area (Å²) < 4.78 is 2.09. The Labute approximate surface area is 162 Å². The molecular weight excluding hydrogens is 366 g/mol. The summed E-state index contributed by atoms with van der Waals surface area (Å²) in [6.45, 7) is 5.03. The number of hydrogen-bond acceptors (Lipinski definition) is 6. The van der Waals surface area contributed by atoms with Gasteiger partial charge in [0.05, 0.1) is 11.3 Å². The summed E-state index contributed by atoms with van der Waals surface area (Å²) in [4.78, 5) is 13.7. The Morgan fingerprint density at radius 1 is 1.35 bits per heavy atom. The van der Waals surface area contributed by atoms with Crippen LogP contribution in [0.15, 0.2) is 5.16 Å². The van der Waals surface area contributed by atoms with E-state index in [1.807, 2.05) is 0 Å². The molecule has 0 aliphatic heterocycles. The molecule has 0 fully saturated rings. The van der Waals surface area contributed by atoms with Crippen LogP contribution >= 0.6 is 23.1 Å². The van der Waals surface area contributed by atoms with Crippen molar-refractivity contribution in [2.24, 2.45) is 0 Å². The fourth-order valence-electron chi connectivity index (χ4n) is 3.20. The van der Waals surface area contributed by atoms with Crippen molar-refractivity contribution in [3.8, 4) is 6.07 Å². The minimum atomic E-state index is -0.103. The number of fused-ring (bicyclic) bond motifs is 1. The number of anilines is 1. The van der Waals surface area contributed by atoms with E-state index in [0.29, 0.717) is 10.6 Å². The highest BCUT2D eigenvalue weighted by atomic mass is 32.2. The van der Waals surface area contributed by atoms with Gasteiger partial charge in [-0.25, -0.2) is 0 Å². The number of nitriles is 1. The van der Waals surface area contributed by atoms with Gasteiger partial charge in [-0.3, -0.25) is 4.79 Å². The molecule has 2 heterocycles. The summed E-state index contributed by atoms with van der Waals surface area (Å²) in [5, 5.41) is 22.3. The van der Waals surface area contributed by atoms with Crippen molar-refractivity contribution in [1.82, 2.24) is 14.8 Å². The summed E-state index contributed by atoms with van der Waals surface area (Å²) in [6, 6.07) is 2.28. The molecule has 0 spiro atoms. The summed E-state index contributed by atoms with van der Waals surface area (Å²) in [7, 11) is 0. The molecule has 0 unspecified atom stereocenters. The van der Waals surface area contributed by atoms with Gasteiger partial charge in [0.15, 0.2) is 5.16 Å². The molecule has 1 aliphatic rings. The highest BCUT2D eigenvalue weighted by molar-refractivity contribution is 7.99. The van der Waals surface area contributed by atoms with E-state index < -0.39 is 0 Å². The SMILES string of the molecule is CCCn1c(CC)nnc1SCC(=O)Nc1sc2c(c1C#N)CCCC2. The molecule has 0 aromatic carbocycles. The van der Waals surface area contributed by atoms with Gasteiger partial charge in [-0.2, -0.15) is 5.26 Å². The first-order valence-electron chi connectivity index (χ1n) is 9.07. The minimum Gasteiger partial charge on any atom is -0.316 e. The molecule has 1 N–H and O–H groups in total. The van der Waals surface area contributed by atoms with E-state index in [2.05, 4.69) is 40.0 Å². The third kappa shape index (κ3) is 3.94. The molecule has 26 heavy (non-hydrogen) atoms. The van der Waals surface area contributed by atoms with Crippen LogP contribution in [-0.2, 0) is 30.6 Å². The molecule has 3 rings (SSSR count). The highest BCUT2D eigenvalue weighted by Crippen LogP contribution is 2.37. The zero-order chi connectivity index (χ0) is 18.5. The van der Waals surface area contributed by atoms with Gasteiger partial charge >= 0.3 is 0 Å². The van der Waals surface area contributed by atoms with E-state index in [0.717, 1.165) is 61.6 Å². The minimum absolute atomic E-state index is 0.103. The standard InChI is InChI=1S/C18H23N5OS2/c1-3-9-23-15(4-2)21-22-18(23)25-11-16(24)20-17-13(10-19)12-7-5-6-8-14(12)26-17/h3-9,11H2,1-2H3,(H,20,24). The Morgan fingerprint density at radius 2 is 2.15 bits per heavy atom. The number of carbonyl (C=O) groups is 1. The number of amides is 1. The van der Waals surface area contributed by atoms with Gasteiger partial charge in [0.1, 0.15) is 16.9 Å². The van der Waals surface area contributed by atoms with Crippen molar-refractivity contribution in [2.45, 2.75) is 64.1 Å². The average Bonchev–Trinajstić information content (AvgIpc) is 3.20. The van der Waals surface area contributed by atoms with Gasteiger partial charge in [-0.1, -0.05) is 25.6 Å². The lowest BCUT2D eigenvalue weighted by molar-refractivity contribution is -0.113. The topological polar surface area (TPSA) is 83.6 Å². The number of aromatic nitrogens is 3. The van der Waals surface area contributed by atoms with Gasteiger partial charge in [-0.15, -0.1) is 21.5 Å². The first-order valence-corrected chi connectivity index (χ1v) is 10.9.